The summed E-state index contributed by atoms with van der Waals surface area (Å²) in [5, 5.41) is 4.70. The fourth-order valence-corrected chi connectivity index (χ4v) is 2.28. The number of benzene rings is 2. The molecule has 160 valence electrons. The third-order valence-corrected chi connectivity index (χ3v) is 3.90. The number of carbonyl (C=O) groups excluding carboxylic acids is 3. The molecule has 2 N–H and O–H groups in total. The minimum Gasteiger partial charge on any atom is -0.497 e. The van der Waals surface area contributed by atoms with Crippen molar-refractivity contribution < 1.29 is 37.0 Å². The molecule has 0 spiro atoms. The minimum atomic E-state index is -4.48. The highest BCUT2D eigenvalue weighted by molar-refractivity contribution is 5.97. The van der Waals surface area contributed by atoms with E-state index >= 15 is 0 Å². The van der Waals surface area contributed by atoms with E-state index in [1.54, 1.807) is 12.1 Å². The number of alkyl halides is 3. The van der Waals surface area contributed by atoms with Crippen molar-refractivity contribution >= 4 is 23.5 Å². The maximum Gasteiger partial charge on any atom is 0.416 e. The minimum absolute atomic E-state index is 0.115. The number of anilines is 1. The molecule has 0 saturated carbocycles. The Morgan fingerprint density at radius 3 is 2.13 bits per heavy atom. The molecular weight excluding hydrogens is 405 g/mol. The molecular formula is C20H19F3N2O5. The van der Waals surface area contributed by atoms with Crippen LogP contribution in [0, 0.1) is 0 Å². The van der Waals surface area contributed by atoms with Gasteiger partial charge < -0.3 is 20.1 Å². The number of rotatable bonds is 7. The smallest absolute Gasteiger partial charge is 0.416 e. The largest absolute Gasteiger partial charge is 0.497 e. The van der Waals surface area contributed by atoms with Gasteiger partial charge in [-0.2, -0.15) is 13.2 Å². The predicted molar refractivity (Wildman–Crippen MR) is 101 cm³/mol. The summed E-state index contributed by atoms with van der Waals surface area (Å²) in [6, 6.07) is 10.0. The third kappa shape index (κ3) is 6.50. The topological polar surface area (TPSA) is 93.7 Å². The third-order valence-electron chi connectivity index (χ3n) is 3.90. The summed E-state index contributed by atoms with van der Waals surface area (Å²) in [4.78, 5) is 35.9. The Bertz CT molecular complexity index is 896. The van der Waals surface area contributed by atoms with Crippen LogP contribution in [0.4, 0.5) is 18.9 Å². The second-order valence-corrected chi connectivity index (χ2v) is 6.11. The van der Waals surface area contributed by atoms with E-state index in [1.807, 2.05) is 0 Å². The lowest BCUT2D eigenvalue weighted by Crippen LogP contribution is -2.35. The lowest BCUT2D eigenvalue weighted by molar-refractivity contribution is -0.152. The number of carbonyl (C=O) groups is 3. The average molecular weight is 424 g/mol. The number of nitrogens with one attached hydrogen (secondary N) is 2. The highest BCUT2D eigenvalue weighted by atomic mass is 19.4. The molecule has 0 fully saturated rings. The number of hydrogen-bond donors (Lipinski definition) is 2. The van der Waals surface area contributed by atoms with Gasteiger partial charge >= 0.3 is 12.1 Å². The average Bonchev–Trinajstić information content (AvgIpc) is 2.71. The van der Waals surface area contributed by atoms with E-state index in [2.05, 4.69) is 10.6 Å². The molecule has 2 aromatic carbocycles. The van der Waals surface area contributed by atoms with Crippen molar-refractivity contribution in [1.29, 1.82) is 0 Å². The van der Waals surface area contributed by atoms with Gasteiger partial charge in [-0.05, 0) is 55.5 Å². The summed E-state index contributed by atoms with van der Waals surface area (Å²) < 4.78 is 47.5. The molecule has 0 bridgehead atoms. The maximum atomic E-state index is 12.5. The zero-order chi connectivity index (χ0) is 22.3. The molecule has 30 heavy (non-hydrogen) atoms. The van der Waals surface area contributed by atoms with Crippen LogP contribution in [-0.4, -0.2) is 37.5 Å². The van der Waals surface area contributed by atoms with Crippen molar-refractivity contribution in [2.75, 3.05) is 19.0 Å². The van der Waals surface area contributed by atoms with E-state index in [0.29, 0.717) is 11.3 Å². The second kappa shape index (κ2) is 9.77. The number of methoxy groups -OCH3 is 1. The molecule has 1 unspecified atom stereocenters. The Hall–Kier alpha value is -3.56. The van der Waals surface area contributed by atoms with Crippen LogP contribution < -0.4 is 15.4 Å². The van der Waals surface area contributed by atoms with Gasteiger partial charge in [0, 0.05) is 11.3 Å². The van der Waals surface area contributed by atoms with Crippen LogP contribution in [-0.2, 0) is 20.5 Å². The summed E-state index contributed by atoms with van der Waals surface area (Å²) in [6.07, 6.45) is -5.71. The summed E-state index contributed by atoms with van der Waals surface area (Å²) in [7, 11) is 1.49. The van der Waals surface area contributed by atoms with Crippen molar-refractivity contribution in [3.8, 4) is 5.75 Å². The summed E-state index contributed by atoms with van der Waals surface area (Å²) in [6.45, 7) is 0.825. The molecule has 0 saturated heterocycles. The van der Waals surface area contributed by atoms with E-state index < -0.39 is 42.2 Å². The molecule has 0 aromatic heterocycles. The fourth-order valence-electron chi connectivity index (χ4n) is 2.28. The van der Waals surface area contributed by atoms with Gasteiger partial charge in [0.2, 0.25) is 0 Å². The SMILES string of the molecule is COc1ccc(C(=O)NCC(=O)OC(C)C(=O)Nc2ccc(C(F)(F)F)cc2)cc1. The van der Waals surface area contributed by atoms with Crippen molar-refractivity contribution in [2.45, 2.75) is 19.2 Å². The maximum absolute atomic E-state index is 12.5. The summed E-state index contributed by atoms with van der Waals surface area (Å²) in [5.41, 5.74) is -0.437. The number of ether oxygens (including phenoxy) is 2. The van der Waals surface area contributed by atoms with Crippen LogP contribution in [0.1, 0.15) is 22.8 Å². The first-order valence-electron chi connectivity index (χ1n) is 8.70. The molecule has 0 aliphatic heterocycles. The van der Waals surface area contributed by atoms with Gasteiger partial charge in [-0.1, -0.05) is 0 Å². The van der Waals surface area contributed by atoms with E-state index in [0.717, 1.165) is 24.3 Å². The predicted octanol–water partition coefficient (Wildman–Crippen LogP) is 3.01. The van der Waals surface area contributed by atoms with E-state index in [9.17, 15) is 27.6 Å². The van der Waals surface area contributed by atoms with Crippen LogP contribution in [0.25, 0.3) is 0 Å². The van der Waals surface area contributed by atoms with Crippen LogP contribution in [0.5, 0.6) is 5.75 Å². The molecule has 0 heterocycles. The lowest BCUT2D eigenvalue weighted by Gasteiger charge is -2.14. The van der Waals surface area contributed by atoms with Crippen molar-refractivity contribution in [1.82, 2.24) is 5.32 Å². The quantitative estimate of drug-likeness (QED) is 0.667. The lowest BCUT2D eigenvalue weighted by atomic mass is 10.2. The molecule has 0 radical (unpaired) electrons. The van der Waals surface area contributed by atoms with Gasteiger partial charge in [0.1, 0.15) is 12.3 Å². The van der Waals surface area contributed by atoms with Gasteiger partial charge in [0.25, 0.3) is 11.8 Å². The Kier molecular flexibility index (Phi) is 7.40. The molecule has 7 nitrogen and oxygen atoms in total. The Balaban J connectivity index is 1.81. The molecule has 0 aliphatic rings. The van der Waals surface area contributed by atoms with Crippen molar-refractivity contribution in [2.24, 2.45) is 0 Å². The molecule has 2 aromatic rings. The second-order valence-electron chi connectivity index (χ2n) is 6.11. The molecule has 1 atom stereocenters. The standard InChI is InChI=1S/C20H19F3N2O5/c1-12(18(27)25-15-7-5-14(6-8-15)20(21,22)23)30-17(26)11-24-19(28)13-3-9-16(29-2)10-4-13/h3-10,12H,11H2,1-2H3,(H,24,28)(H,25,27). The van der Waals surface area contributed by atoms with Crippen LogP contribution in [0.2, 0.25) is 0 Å². The van der Waals surface area contributed by atoms with Crippen molar-refractivity contribution in [3.05, 3.63) is 59.7 Å². The monoisotopic (exact) mass is 424 g/mol. The Morgan fingerprint density at radius 2 is 1.60 bits per heavy atom. The van der Waals surface area contributed by atoms with E-state index in [4.69, 9.17) is 9.47 Å². The van der Waals surface area contributed by atoms with Gasteiger partial charge in [0.05, 0.1) is 12.7 Å². The highest BCUT2D eigenvalue weighted by Gasteiger charge is 2.30. The first kappa shape index (κ1) is 22.7. The summed E-state index contributed by atoms with van der Waals surface area (Å²) >= 11 is 0. The van der Waals surface area contributed by atoms with Crippen LogP contribution in [0.3, 0.4) is 0 Å². The van der Waals surface area contributed by atoms with Gasteiger partial charge in [-0.15, -0.1) is 0 Å². The van der Waals surface area contributed by atoms with Crippen LogP contribution in [0.15, 0.2) is 48.5 Å². The number of hydrogen-bond acceptors (Lipinski definition) is 5. The molecule has 10 heteroatoms. The number of halogens is 3. The number of amides is 2. The fraction of sp³-hybridized carbons (Fsp3) is 0.250. The zero-order valence-electron chi connectivity index (χ0n) is 16.1. The van der Waals surface area contributed by atoms with Gasteiger partial charge in [-0.25, -0.2) is 0 Å². The molecule has 2 rings (SSSR count). The normalized spacial score (nSPS) is 11.9. The van der Waals surface area contributed by atoms with Crippen LogP contribution >= 0.6 is 0 Å². The van der Waals surface area contributed by atoms with Gasteiger partial charge in [0.15, 0.2) is 6.10 Å². The Morgan fingerprint density at radius 1 is 1.00 bits per heavy atom. The number of esters is 1. The first-order valence-corrected chi connectivity index (χ1v) is 8.70. The van der Waals surface area contributed by atoms with E-state index in [-0.39, 0.29) is 5.69 Å². The summed E-state index contributed by atoms with van der Waals surface area (Å²) in [5.74, 6) is -1.54. The highest BCUT2D eigenvalue weighted by Crippen LogP contribution is 2.29. The molecule has 0 aliphatic carbocycles. The zero-order valence-corrected chi connectivity index (χ0v) is 16.1. The Labute approximate surface area is 170 Å². The van der Waals surface area contributed by atoms with Crippen molar-refractivity contribution in [3.63, 3.8) is 0 Å². The first-order chi connectivity index (χ1) is 14.1. The van der Waals surface area contributed by atoms with E-state index in [1.165, 1.54) is 26.2 Å². The molecule has 2 amide bonds. The van der Waals surface area contributed by atoms with Gasteiger partial charge in [-0.3, -0.25) is 14.4 Å².